The second-order valence-electron chi connectivity index (χ2n) is 5.24. The van der Waals surface area contributed by atoms with Gasteiger partial charge in [0.15, 0.2) is 0 Å². The Kier molecular flexibility index (Phi) is 3.52. The predicted molar refractivity (Wildman–Crippen MR) is 80.6 cm³/mol. The molecule has 2 heterocycles. The van der Waals surface area contributed by atoms with Gasteiger partial charge >= 0.3 is 5.97 Å². The zero-order chi connectivity index (χ0) is 14.2. The van der Waals surface area contributed by atoms with Gasteiger partial charge in [-0.25, -0.2) is 0 Å². The number of thiophene rings is 2. The molecule has 6 heteroatoms. The highest BCUT2D eigenvalue weighted by atomic mass is 32.1. The van der Waals surface area contributed by atoms with Crippen LogP contribution >= 0.6 is 22.7 Å². The zero-order valence-electron chi connectivity index (χ0n) is 10.8. The van der Waals surface area contributed by atoms with Crippen molar-refractivity contribution in [2.45, 2.75) is 25.7 Å². The second-order valence-corrected chi connectivity index (χ2v) is 7.27. The summed E-state index contributed by atoms with van der Waals surface area (Å²) in [7, 11) is 0. The first-order chi connectivity index (χ1) is 9.61. The second kappa shape index (κ2) is 5.18. The molecule has 3 rings (SSSR count). The third kappa shape index (κ3) is 2.33. The van der Waals surface area contributed by atoms with E-state index in [1.807, 2.05) is 17.5 Å². The molecule has 20 heavy (non-hydrogen) atoms. The summed E-state index contributed by atoms with van der Waals surface area (Å²) in [6.45, 7) is 0.229. The number of rotatable bonds is 4. The summed E-state index contributed by atoms with van der Waals surface area (Å²) in [5, 5.41) is 14.2. The van der Waals surface area contributed by atoms with Gasteiger partial charge in [0.1, 0.15) is 0 Å². The fraction of sp³-hybridized carbons (Fsp3) is 0.429. The molecule has 0 unspecified atom stereocenters. The molecule has 0 radical (unpaired) electrons. The first-order valence-electron chi connectivity index (χ1n) is 6.59. The van der Waals surface area contributed by atoms with Gasteiger partial charge in [0.25, 0.3) is 5.91 Å². The van der Waals surface area contributed by atoms with Crippen molar-refractivity contribution in [3.05, 3.63) is 22.4 Å². The number of carbonyl (C=O) groups is 2. The lowest BCUT2D eigenvalue weighted by Crippen LogP contribution is -2.41. The summed E-state index contributed by atoms with van der Waals surface area (Å²) in [6.07, 6.45) is 3.16. The van der Waals surface area contributed by atoms with Gasteiger partial charge in [0, 0.05) is 15.9 Å². The first kappa shape index (κ1) is 13.6. The lowest BCUT2D eigenvalue weighted by atomic mass is 9.86. The fourth-order valence-electron chi connectivity index (χ4n) is 2.73. The molecule has 0 aromatic carbocycles. The molecule has 0 spiro atoms. The minimum atomic E-state index is -0.789. The van der Waals surface area contributed by atoms with Crippen molar-refractivity contribution in [3.63, 3.8) is 0 Å². The van der Waals surface area contributed by atoms with Gasteiger partial charge in [-0.2, -0.15) is 0 Å². The molecular formula is C14H15NO3S2. The first-order valence-corrected chi connectivity index (χ1v) is 8.29. The van der Waals surface area contributed by atoms with Crippen LogP contribution in [-0.2, 0) is 4.79 Å². The molecule has 4 nitrogen and oxygen atoms in total. The molecule has 2 aromatic heterocycles. The lowest BCUT2D eigenvalue weighted by Gasteiger charge is -2.23. The number of carbonyl (C=O) groups excluding carboxylic acids is 1. The highest BCUT2D eigenvalue weighted by Gasteiger charge is 2.41. The molecule has 1 aliphatic carbocycles. The van der Waals surface area contributed by atoms with Gasteiger partial charge in [0.05, 0.1) is 10.3 Å². The molecule has 1 fully saturated rings. The van der Waals surface area contributed by atoms with Gasteiger partial charge in [-0.3, -0.25) is 9.59 Å². The minimum Gasteiger partial charge on any atom is -0.481 e. The van der Waals surface area contributed by atoms with E-state index in [-0.39, 0.29) is 12.5 Å². The Balaban J connectivity index is 1.70. The van der Waals surface area contributed by atoms with Crippen molar-refractivity contribution < 1.29 is 14.7 Å². The summed E-state index contributed by atoms with van der Waals surface area (Å²) >= 11 is 3.06. The quantitative estimate of drug-likeness (QED) is 0.910. The Morgan fingerprint density at radius 2 is 2.05 bits per heavy atom. The van der Waals surface area contributed by atoms with Gasteiger partial charge in [-0.1, -0.05) is 12.8 Å². The topological polar surface area (TPSA) is 66.4 Å². The largest absolute Gasteiger partial charge is 0.481 e. The number of carboxylic acid groups (broad SMARTS) is 1. The van der Waals surface area contributed by atoms with Crippen LogP contribution in [0.2, 0.25) is 0 Å². The van der Waals surface area contributed by atoms with E-state index >= 15 is 0 Å². The molecule has 0 saturated heterocycles. The van der Waals surface area contributed by atoms with E-state index < -0.39 is 11.4 Å². The van der Waals surface area contributed by atoms with Gasteiger partial charge in [-0.15, -0.1) is 22.7 Å². The van der Waals surface area contributed by atoms with E-state index in [4.69, 9.17) is 0 Å². The molecule has 1 amide bonds. The zero-order valence-corrected chi connectivity index (χ0v) is 12.5. The fourth-order valence-corrected chi connectivity index (χ4v) is 4.76. The van der Waals surface area contributed by atoms with Gasteiger partial charge < -0.3 is 10.4 Å². The Bertz CT molecular complexity index is 624. The van der Waals surface area contributed by atoms with E-state index in [1.54, 1.807) is 11.3 Å². The van der Waals surface area contributed by atoms with Gasteiger partial charge in [0.2, 0.25) is 0 Å². The summed E-state index contributed by atoms with van der Waals surface area (Å²) in [5.74, 6) is -0.951. The maximum Gasteiger partial charge on any atom is 0.311 e. The number of amides is 1. The standard InChI is InChI=1S/C14H15NO3S2/c16-12(11-7-10-9(20-11)3-6-19-10)15-8-14(13(17)18)4-1-2-5-14/h3,6-7H,1-2,4-5,8H2,(H,15,16)(H,17,18). The lowest BCUT2D eigenvalue weighted by molar-refractivity contribution is -0.148. The average Bonchev–Trinajstić information content (AvgIpc) is 3.11. The van der Waals surface area contributed by atoms with Crippen molar-refractivity contribution >= 4 is 43.9 Å². The number of nitrogens with one attached hydrogen (secondary N) is 1. The summed E-state index contributed by atoms with van der Waals surface area (Å²) in [5.41, 5.74) is -0.760. The molecule has 0 atom stereocenters. The maximum atomic E-state index is 12.1. The number of fused-ring (bicyclic) bond motifs is 1. The van der Waals surface area contributed by atoms with E-state index in [0.29, 0.717) is 17.7 Å². The monoisotopic (exact) mass is 309 g/mol. The molecule has 1 aliphatic rings. The highest BCUT2D eigenvalue weighted by Crippen LogP contribution is 2.38. The normalized spacial score (nSPS) is 17.4. The third-order valence-corrected chi connectivity index (χ3v) is 6.06. The SMILES string of the molecule is O=C(NCC1(C(=O)O)CCCC1)c1cc2sccc2s1. The van der Waals surface area contributed by atoms with E-state index in [9.17, 15) is 14.7 Å². The summed E-state index contributed by atoms with van der Waals surface area (Å²) < 4.78 is 2.21. The van der Waals surface area contributed by atoms with Crippen LogP contribution in [0.1, 0.15) is 35.4 Å². The Hall–Kier alpha value is -1.40. The highest BCUT2D eigenvalue weighted by molar-refractivity contribution is 7.27. The number of aliphatic carboxylic acids is 1. The number of hydrogen-bond acceptors (Lipinski definition) is 4. The van der Waals surface area contributed by atoms with Crippen LogP contribution in [0.4, 0.5) is 0 Å². The summed E-state index contributed by atoms with van der Waals surface area (Å²) in [4.78, 5) is 24.2. The Morgan fingerprint density at radius 3 is 2.70 bits per heavy atom. The summed E-state index contributed by atoms with van der Waals surface area (Å²) in [6, 6.07) is 3.87. The van der Waals surface area contributed by atoms with E-state index in [1.165, 1.54) is 11.3 Å². The van der Waals surface area contributed by atoms with Gasteiger partial charge in [-0.05, 0) is 30.4 Å². The van der Waals surface area contributed by atoms with E-state index in [0.717, 1.165) is 22.2 Å². The van der Waals surface area contributed by atoms with Crippen molar-refractivity contribution in [1.29, 1.82) is 0 Å². The van der Waals surface area contributed by atoms with Crippen molar-refractivity contribution in [2.75, 3.05) is 6.54 Å². The van der Waals surface area contributed by atoms with Crippen LogP contribution in [0.25, 0.3) is 9.40 Å². The van der Waals surface area contributed by atoms with Crippen molar-refractivity contribution in [1.82, 2.24) is 5.32 Å². The number of hydrogen-bond donors (Lipinski definition) is 2. The predicted octanol–water partition coefficient (Wildman–Crippen LogP) is 3.34. The third-order valence-electron chi connectivity index (χ3n) is 3.96. The molecule has 2 N–H and O–H groups in total. The average molecular weight is 309 g/mol. The molecule has 2 aromatic rings. The smallest absolute Gasteiger partial charge is 0.311 e. The van der Waals surface area contributed by atoms with Crippen molar-refractivity contribution in [2.24, 2.45) is 5.41 Å². The molecule has 106 valence electrons. The maximum absolute atomic E-state index is 12.1. The minimum absolute atomic E-state index is 0.161. The van der Waals surface area contributed by atoms with Crippen LogP contribution in [0, 0.1) is 5.41 Å². The van der Waals surface area contributed by atoms with Crippen LogP contribution in [-0.4, -0.2) is 23.5 Å². The van der Waals surface area contributed by atoms with Crippen LogP contribution < -0.4 is 5.32 Å². The van der Waals surface area contributed by atoms with Crippen LogP contribution in [0.15, 0.2) is 17.5 Å². The molecule has 1 saturated carbocycles. The van der Waals surface area contributed by atoms with E-state index in [2.05, 4.69) is 5.32 Å². The Morgan fingerprint density at radius 1 is 1.30 bits per heavy atom. The molecule has 0 bridgehead atoms. The molecule has 0 aliphatic heterocycles. The van der Waals surface area contributed by atoms with Crippen LogP contribution in [0.3, 0.4) is 0 Å². The van der Waals surface area contributed by atoms with Crippen molar-refractivity contribution in [3.8, 4) is 0 Å². The van der Waals surface area contributed by atoms with Crippen LogP contribution in [0.5, 0.6) is 0 Å². The molecular weight excluding hydrogens is 294 g/mol. The number of carboxylic acids is 1. The Labute approximate surface area is 124 Å².